The third-order valence-electron chi connectivity index (χ3n) is 1.42. The summed E-state index contributed by atoms with van der Waals surface area (Å²) in [7, 11) is 0. The maximum Gasteiger partial charge on any atom is 0.258 e. The van der Waals surface area contributed by atoms with Gasteiger partial charge >= 0.3 is 0 Å². The van der Waals surface area contributed by atoms with Crippen molar-refractivity contribution in [3.8, 4) is 0 Å². The maximum atomic E-state index is 11.2. The molecule has 0 atom stereocenters. The van der Waals surface area contributed by atoms with Gasteiger partial charge in [0.1, 0.15) is 6.61 Å². The van der Waals surface area contributed by atoms with Crippen LogP contribution in [-0.2, 0) is 4.84 Å². The molecule has 0 unspecified atom stereocenters. The number of aromatic nitrogens is 1. The summed E-state index contributed by atoms with van der Waals surface area (Å²) in [5.41, 5.74) is 5.96. The molecule has 0 saturated carbocycles. The molecule has 13 heavy (non-hydrogen) atoms. The quantitative estimate of drug-likeness (QED) is 0.520. The van der Waals surface area contributed by atoms with Crippen molar-refractivity contribution < 1.29 is 4.84 Å². The van der Waals surface area contributed by atoms with Crippen LogP contribution in [0.25, 0.3) is 0 Å². The number of anilines is 1. The molecule has 0 aliphatic carbocycles. The molecule has 5 heteroatoms. The molecule has 1 rings (SSSR count). The average Bonchev–Trinajstić information content (AvgIpc) is 2.10. The van der Waals surface area contributed by atoms with E-state index in [1.807, 2.05) is 0 Å². The van der Waals surface area contributed by atoms with E-state index in [9.17, 15) is 4.79 Å². The van der Waals surface area contributed by atoms with Crippen molar-refractivity contribution in [1.82, 2.24) is 4.98 Å². The van der Waals surface area contributed by atoms with Gasteiger partial charge in [-0.1, -0.05) is 5.16 Å². The third-order valence-corrected chi connectivity index (χ3v) is 1.42. The Morgan fingerprint density at radius 2 is 2.54 bits per heavy atom. The number of nitrogens with zero attached hydrogens (tertiary/aromatic N) is 1. The van der Waals surface area contributed by atoms with Gasteiger partial charge in [0.25, 0.3) is 5.56 Å². The van der Waals surface area contributed by atoms with Crippen molar-refractivity contribution >= 4 is 11.9 Å². The Balaban J connectivity index is 2.94. The number of nitrogens with two attached hydrogens (primary N) is 1. The number of pyridine rings is 1. The summed E-state index contributed by atoms with van der Waals surface area (Å²) in [6.45, 7) is 2.26. The number of nitrogens with one attached hydrogen (secondary N) is 1. The van der Waals surface area contributed by atoms with Crippen molar-refractivity contribution in [2.75, 3.05) is 12.3 Å². The summed E-state index contributed by atoms with van der Waals surface area (Å²) >= 11 is 0. The van der Waals surface area contributed by atoms with Gasteiger partial charge in [-0.3, -0.25) is 4.79 Å². The summed E-state index contributed by atoms with van der Waals surface area (Å²) in [4.78, 5) is 18.3. The molecular formula is C8H11N3O2. The zero-order chi connectivity index (χ0) is 9.68. The molecule has 1 heterocycles. The van der Waals surface area contributed by atoms with Crippen molar-refractivity contribution in [2.24, 2.45) is 5.16 Å². The summed E-state index contributed by atoms with van der Waals surface area (Å²) in [6, 6.07) is 1.59. The molecule has 0 radical (unpaired) electrons. The van der Waals surface area contributed by atoms with E-state index in [4.69, 9.17) is 10.6 Å². The fourth-order valence-electron chi connectivity index (χ4n) is 0.803. The number of oxime groups is 1. The number of rotatable bonds is 3. The molecular weight excluding hydrogens is 170 g/mol. The van der Waals surface area contributed by atoms with Crippen molar-refractivity contribution in [3.05, 3.63) is 28.2 Å². The molecule has 70 valence electrons. The number of aromatic amines is 1. The lowest BCUT2D eigenvalue weighted by Gasteiger charge is -1.96. The molecule has 1 aromatic rings. The van der Waals surface area contributed by atoms with Crippen LogP contribution in [0.15, 0.2) is 22.2 Å². The molecule has 0 saturated heterocycles. The van der Waals surface area contributed by atoms with Crippen LogP contribution >= 0.6 is 0 Å². The fourth-order valence-corrected chi connectivity index (χ4v) is 0.803. The van der Waals surface area contributed by atoms with Crippen LogP contribution in [0.4, 0.5) is 5.69 Å². The molecule has 0 spiro atoms. The molecule has 0 bridgehead atoms. The van der Waals surface area contributed by atoms with Gasteiger partial charge in [0, 0.05) is 11.9 Å². The van der Waals surface area contributed by atoms with Crippen LogP contribution in [0.5, 0.6) is 0 Å². The number of hydrogen-bond acceptors (Lipinski definition) is 4. The Morgan fingerprint density at radius 1 is 1.77 bits per heavy atom. The zero-order valence-electron chi connectivity index (χ0n) is 7.28. The van der Waals surface area contributed by atoms with Crippen LogP contribution in [0, 0.1) is 0 Å². The Labute approximate surface area is 75.2 Å². The van der Waals surface area contributed by atoms with Gasteiger partial charge in [-0.25, -0.2) is 0 Å². The Bertz CT molecular complexity index is 357. The predicted molar refractivity (Wildman–Crippen MR) is 50.7 cm³/mol. The van der Waals surface area contributed by atoms with Crippen LogP contribution in [0.3, 0.4) is 0 Å². The maximum absolute atomic E-state index is 11.2. The minimum absolute atomic E-state index is 0.275. The van der Waals surface area contributed by atoms with Crippen LogP contribution in [0.2, 0.25) is 0 Å². The first-order chi connectivity index (χ1) is 6.25. The van der Waals surface area contributed by atoms with E-state index in [1.165, 1.54) is 12.4 Å². The van der Waals surface area contributed by atoms with E-state index in [2.05, 4.69) is 10.1 Å². The number of H-pyrrole nitrogens is 1. The molecule has 0 amide bonds. The van der Waals surface area contributed by atoms with E-state index >= 15 is 0 Å². The first-order valence-electron chi connectivity index (χ1n) is 3.88. The topological polar surface area (TPSA) is 80.5 Å². The normalized spacial score (nSPS) is 10.5. The second-order valence-corrected chi connectivity index (χ2v) is 2.33. The molecule has 3 N–H and O–H groups in total. The Kier molecular flexibility index (Phi) is 3.08. The second kappa shape index (κ2) is 4.30. The van der Waals surface area contributed by atoms with Crippen LogP contribution in [0.1, 0.15) is 12.5 Å². The standard InChI is InChI=1S/C8H11N3O2/c1-2-13-11-5-6-7(9)3-4-10-8(6)12/h3-5H,2H2,1H3,(H3,9,10,12). The van der Waals surface area contributed by atoms with Crippen LogP contribution in [-0.4, -0.2) is 17.8 Å². The van der Waals surface area contributed by atoms with E-state index in [1.54, 1.807) is 13.0 Å². The van der Waals surface area contributed by atoms with Crippen molar-refractivity contribution in [3.63, 3.8) is 0 Å². The first kappa shape index (κ1) is 9.31. The molecule has 0 fully saturated rings. The molecule has 0 aromatic carbocycles. The van der Waals surface area contributed by atoms with Crippen LogP contribution < -0.4 is 11.3 Å². The molecule has 5 nitrogen and oxygen atoms in total. The van der Waals surface area contributed by atoms with Crippen molar-refractivity contribution in [2.45, 2.75) is 6.92 Å². The average molecular weight is 181 g/mol. The summed E-state index contributed by atoms with van der Waals surface area (Å²) in [5, 5.41) is 3.56. The van der Waals surface area contributed by atoms with E-state index in [0.29, 0.717) is 17.9 Å². The second-order valence-electron chi connectivity index (χ2n) is 2.33. The highest BCUT2D eigenvalue weighted by Crippen LogP contribution is 2.00. The lowest BCUT2D eigenvalue weighted by atomic mass is 10.2. The number of nitrogen functional groups attached to an aromatic ring is 1. The van der Waals surface area contributed by atoms with Crippen molar-refractivity contribution in [1.29, 1.82) is 0 Å². The van der Waals surface area contributed by atoms with Gasteiger partial charge in [-0.05, 0) is 13.0 Å². The van der Waals surface area contributed by atoms with Gasteiger partial charge in [0.2, 0.25) is 0 Å². The van der Waals surface area contributed by atoms with E-state index in [-0.39, 0.29) is 5.56 Å². The van der Waals surface area contributed by atoms with Gasteiger partial charge in [-0.15, -0.1) is 0 Å². The van der Waals surface area contributed by atoms with Gasteiger partial charge in [0.05, 0.1) is 11.8 Å². The first-order valence-corrected chi connectivity index (χ1v) is 3.88. The van der Waals surface area contributed by atoms with Gasteiger partial charge in [0.15, 0.2) is 0 Å². The lowest BCUT2D eigenvalue weighted by molar-refractivity contribution is 0.160. The van der Waals surface area contributed by atoms with E-state index in [0.717, 1.165) is 0 Å². The summed E-state index contributed by atoms with van der Waals surface area (Å²) in [5.74, 6) is 0. The smallest absolute Gasteiger partial charge is 0.258 e. The largest absolute Gasteiger partial charge is 0.398 e. The molecule has 0 aliphatic heterocycles. The molecule has 1 aromatic heterocycles. The zero-order valence-corrected chi connectivity index (χ0v) is 7.28. The fraction of sp³-hybridized carbons (Fsp3) is 0.250. The highest BCUT2D eigenvalue weighted by atomic mass is 16.6. The highest BCUT2D eigenvalue weighted by molar-refractivity contribution is 5.85. The summed E-state index contributed by atoms with van der Waals surface area (Å²) in [6.07, 6.45) is 2.79. The van der Waals surface area contributed by atoms with Gasteiger partial charge in [-0.2, -0.15) is 0 Å². The van der Waals surface area contributed by atoms with E-state index < -0.39 is 0 Å². The third kappa shape index (κ3) is 2.33. The minimum atomic E-state index is -0.275. The molecule has 0 aliphatic rings. The Morgan fingerprint density at radius 3 is 3.15 bits per heavy atom. The predicted octanol–water partition coefficient (Wildman–Crippen LogP) is 0.328. The SMILES string of the molecule is CCON=Cc1c(N)cc[nH]c1=O. The monoisotopic (exact) mass is 181 g/mol. The lowest BCUT2D eigenvalue weighted by Crippen LogP contribution is -2.13. The highest BCUT2D eigenvalue weighted by Gasteiger charge is 1.99. The minimum Gasteiger partial charge on any atom is -0.398 e. The summed E-state index contributed by atoms with van der Waals surface area (Å²) < 4.78 is 0. The number of hydrogen-bond donors (Lipinski definition) is 2. The van der Waals surface area contributed by atoms with Gasteiger partial charge < -0.3 is 15.6 Å². The Hall–Kier alpha value is -1.78.